The molecule has 1 amide bonds. The number of likely N-dealkylation sites (tertiary alicyclic amines) is 1. The lowest BCUT2D eigenvalue weighted by atomic mass is 9.85. The van der Waals surface area contributed by atoms with Gasteiger partial charge in [-0.25, -0.2) is 9.67 Å². The van der Waals surface area contributed by atoms with Crippen LogP contribution in [0.2, 0.25) is 5.02 Å². The van der Waals surface area contributed by atoms with Gasteiger partial charge in [-0.2, -0.15) is 13.9 Å². The van der Waals surface area contributed by atoms with E-state index in [1.54, 1.807) is 12.3 Å². The zero-order valence-corrected chi connectivity index (χ0v) is 20.6. The van der Waals surface area contributed by atoms with E-state index in [0.29, 0.717) is 34.3 Å². The smallest absolute Gasteiger partial charge is 0.333 e. The van der Waals surface area contributed by atoms with Gasteiger partial charge in [-0.05, 0) is 73.5 Å². The molecule has 2 N–H and O–H groups in total. The van der Waals surface area contributed by atoms with Crippen molar-refractivity contribution in [2.75, 3.05) is 31.6 Å². The van der Waals surface area contributed by atoms with Gasteiger partial charge in [-0.1, -0.05) is 11.6 Å². The Kier molecular flexibility index (Phi) is 6.95. The number of carbonyl (C=O) groups is 1. The molecule has 0 aliphatic carbocycles. The molecule has 2 atom stereocenters. The number of fused-ring (bicyclic) bond motifs is 1. The molecule has 2 aliphatic rings. The molecule has 8 nitrogen and oxygen atoms in total. The summed E-state index contributed by atoms with van der Waals surface area (Å²) in [5, 5.41) is 19.1. The fourth-order valence-corrected chi connectivity index (χ4v) is 5.50. The minimum absolute atomic E-state index is 0.0878. The number of piperidine rings is 1. The van der Waals surface area contributed by atoms with Gasteiger partial charge in [0.2, 0.25) is 5.91 Å². The summed E-state index contributed by atoms with van der Waals surface area (Å²) in [7, 11) is 0. The van der Waals surface area contributed by atoms with Crippen LogP contribution in [-0.4, -0.2) is 68.6 Å². The molecule has 0 saturated carbocycles. The van der Waals surface area contributed by atoms with Gasteiger partial charge in [0.1, 0.15) is 5.82 Å². The summed E-state index contributed by atoms with van der Waals surface area (Å²) in [6.07, 6.45) is 5.30. The number of amides is 1. The summed E-state index contributed by atoms with van der Waals surface area (Å²) in [6, 6.07) is 5.74. The fraction of sp³-hybridized carbons (Fsp3) is 0.480. The molecule has 2 saturated heterocycles. The van der Waals surface area contributed by atoms with Crippen molar-refractivity contribution >= 4 is 34.1 Å². The molecule has 0 bridgehead atoms. The number of carbonyl (C=O) groups excluding carboxylic acids is 1. The molecule has 192 valence electrons. The van der Waals surface area contributed by atoms with Crippen LogP contribution < -0.4 is 5.32 Å². The largest absolute Gasteiger partial charge is 0.389 e. The van der Waals surface area contributed by atoms with Gasteiger partial charge in [-0.15, -0.1) is 0 Å². The van der Waals surface area contributed by atoms with Gasteiger partial charge in [-0.3, -0.25) is 9.69 Å². The van der Waals surface area contributed by atoms with Crippen LogP contribution in [0.4, 0.5) is 14.6 Å². The van der Waals surface area contributed by atoms with E-state index in [-0.39, 0.29) is 23.8 Å². The third-order valence-electron chi connectivity index (χ3n) is 7.37. The highest BCUT2D eigenvalue weighted by molar-refractivity contribution is 6.32. The number of aromatic nitrogens is 3. The van der Waals surface area contributed by atoms with E-state index >= 15 is 0 Å². The lowest BCUT2D eigenvalue weighted by Gasteiger charge is -2.43. The second-order valence-electron chi connectivity index (χ2n) is 9.77. The molecule has 0 radical (unpaired) electrons. The number of aliphatic hydroxyl groups is 1. The molecule has 4 heterocycles. The van der Waals surface area contributed by atoms with Crippen LogP contribution >= 0.6 is 11.6 Å². The number of nitrogens with zero attached hydrogens (tertiary/aromatic N) is 4. The maximum absolute atomic E-state index is 12.7. The lowest BCUT2D eigenvalue weighted by Crippen LogP contribution is -2.56. The summed E-state index contributed by atoms with van der Waals surface area (Å²) in [5.41, 5.74) is 1.09. The highest BCUT2D eigenvalue weighted by Crippen LogP contribution is 2.38. The minimum Gasteiger partial charge on any atom is -0.389 e. The third-order valence-corrected chi connectivity index (χ3v) is 7.70. The summed E-state index contributed by atoms with van der Waals surface area (Å²) in [6.45, 7) is 1.90. The Hall–Kier alpha value is -2.66. The Morgan fingerprint density at radius 2 is 2.06 bits per heavy atom. The van der Waals surface area contributed by atoms with Gasteiger partial charge >= 0.3 is 6.55 Å². The molecule has 36 heavy (non-hydrogen) atoms. The van der Waals surface area contributed by atoms with Crippen LogP contribution in [0, 0.1) is 0 Å². The molecule has 1 aromatic carbocycles. The van der Waals surface area contributed by atoms with Crippen molar-refractivity contribution in [1.29, 1.82) is 0 Å². The molecular formula is C25H28ClF2N5O3. The van der Waals surface area contributed by atoms with E-state index in [9.17, 15) is 18.7 Å². The number of aliphatic hydroxyl groups excluding tert-OH is 1. The SMILES string of the molecule is C[C@@]1(N2CCC(c3cc4cc(NC(=O)Cc5cnn(C(F)F)c5)ncc4cc3Cl)CC2)COC[C@@H]1O. The number of halogens is 3. The molecule has 0 spiro atoms. The minimum atomic E-state index is -2.75. The standard InChI is InChI=1S/C25H28ClF2N5O3/c1-25(14-36-13-21(25)34)32-4-2-16(3-5-32)19-7-17-9-22(29-11-18(17)8-20(19)26)31-23(35)6-15-10-30-33(12-15)24(27)28/h7-12,16,21,24,34H,2-6,13-14H2,1H3,(H,29,31,35)/t21-,25+/m0/s1. The van der Waals surface area contributed by atoms with Crippen molar-refractivity contribution in [3.63, 3.8) is 0 Å². The number of rotatable bonds is 6. The van der Waals surface area contributed by atoms with E-state index in [0.717, 1.165) is 48.5 Å². The van der Waals surface area contributed by atoms with Gasteiger partial charge in [0.25, 0.3) is 0 Å². The maximum atomic E-state index is 12.7. The number of hydrogen-bond acceptors (Lipinski definition) is 6. The molecule has 2 aliphatic heterocycles. The highest BCUT2D eigenvalue weighted by atomic mass is 35.5. The Morgan fingerprint density at radius 3 is 2.72 bits per heavy atom. The molecule has 3 aromatic rings. The Bertz CT molecular complexity index is 1260. The zero-order chi connectivity index (χ0) is 25.4. The molecule has 2 fully saturated rings. The van der Waals surface area contributed by atoms with E-state index in [2.05, 4.69) is 33.3 Å². The van der Waals surface area contributed by atoms with Crippen molar-refractivity contribution < 1.29 is 23.4 Å². The summed E-state index contributed by atoms with van der Waals surface area (Å²) < 4.78 is 31.4. The molecule has 0 unspecified atom stereocenters. The van der Waals surface area contributed by atoms with Crippen molar-refractivity contribution in [2.24, 2.45) is 0 Å². The van der Waals surface area contributed by atoms with Crippen molar-refractivity contribution in [1.82, 2.24) is 19.7 Å². The lowest BCUT2D eigenvalue weighted by molar-refractivity contribution is -0.115. The zero-order valence-electron chi connectivity index (χ0n) is 19.8. The highest BCUT2D eigenvalue weighted by Gasteiger charge is 2.45. The van der Waals surface area contributed by atoms with E-state index in [4.69, 9.17) is 16.3 Å². The number of benzene rings is 1. The van der Waals surface area contributed by atoms with E-state index in [1.165, 1.54) is 6.20 Å². The quantitative estimate of drug-likeness (QED) is 0.511. The van der Waals surface area contributed by atoms with Crippen molar-refractivity contribution in [2.45, 2.75) is 50.3 Å². The molecule has 2 aromatic heterocycles. The predicted octanol–water partition coefficient (Wildman–Crippen LogP) is 3.99. The second-order valence-corrected chi connectivity index (χ2v) is 10.2. The number of hydrogen-bond donors (Lipinski definition) is 2. The summed E-state index contributed by atoms with van der Waals surface area (Å²) in [5.74, 6) is 0.280. The van der Waals surface area contributed by atoms with Crippen LogP contribution in [0.5, 0.6) is 0 Å². The summed E-state index contributed by atoms with van der Waals surface area (Å²) >= 11 is 6.66. The average Bonchev–Trinajstić information content (AvgIpc) is 3.46. The monoisotopic (exact) mass is 519 g/mol. The Balaban J connectivity index is 1.27. The first-order valence-electron chi connectivity index (χ1n) is 11.9. The first-order valence-corrected chi connectivity index (χ1v) is 12.3. The van der Waals surface area contributed by atoms with Crippen LogP contribution in [0.25, 0.3) is 10.8 Å². The van der Waals surface area contributed by atoms with Crippen molar-refractivity contribution in [3.8, 4) is 0 Å². The molecular weight excluding hydrogens is 492 g/mol. The number of alkyl halides is 2. The second kappa shape index (κ2) is 10.0. The molecule has 11 heteroatoms. The number of nitrogens with one attached hydrogen (secondary N) is 1. The van der Waals surface area contributed by atoms with Gasteiger partial charge in [0.15, 0.2) is 0 Å². The average molecular weight is 520 g/mol. The van der Waals surface area contributed by atoms with Crippen LogP contribution in [0.1, 0.15) is 43.4 Å². The maximum Gasteiger partial charge on any atom is 0.333 e. The van der Waals surface area contributed by atoms with Crippen LogP contribution in [0.15, 0.2) is 36.8 Å². The third kappa shape index (κ3) is 4.95. The fourth-order valence-electron chi connectivity index (χ4n) is 5.17. The topological polar surface area (TPSA) is 92.5 Å². The van der Waals surface area contributed by atoms with Crippen molar-refractivity contribution in [3.05, 3.63) is 52.9 Å². The molecule has 5 rings (SSSR count). The number of pyridine rings is 1. The number of anilines is 1. The Labute approximate surface area is 212 Å². The normalized spacial score (nSPS) is 23.6. The summed E-state index contributed by atoms with van der Waals surface area (Å²) in [4.78, 5) is 19.0. The first kappa shape index (κ1) is 25.0. The van der Waals surface area contributed by atoms with Gasteiger partial charge < -0.3 is 15.2 Å². The predicted molar refractivity (Wildman–Crippen MR) is 131 cm³/mol. The van der Waals surface area contributed by atoms with Gasteiger partial charge in [0, 0.05) is 22.8 Å². The van der Waals surface area contributed by atoms with E-state index in [1.807, 2.05) is 6.07 Å². The first-order chi connectivity index (χ1) is 17.2. The number of ether oxygens (including phenoxy) is 1. The van der Waals surface area contributed by atoms with Crippen LogP contribution in [-0.2, 0) is 16.0 Å². The van der Waals surface area contributed by atoms with Gasteiger partial charge in [0.05, 0.1) is 37.5 Å². The van der Waals surface area contributed by atoms with Crippen LogP contribution in [0.3, 0.4) is 0 Å². The Morgan fingerprint density at radius 1 is 1.28 bits per heavy atom. The van der Waals surface area contributed by atoms with E-state index < -0.39 is 12.7 Å².